The highest BCUT2D eigenvalue weighted by Gasteiger charge is 2.23. The molecule has 0 aliphatic rings. The summed E-state index contributed by atoms with van der Waals surface area (Å²) in [7, 11) is 0. The fourth-order valence-electron chi connectivity index (χ4n) is 10.3. The summed E-state index contributed by atoms with van der Waals surface area (Å²) in [5.74, 6) is 1.61. The molecule has 298 valence electrons. The maximum Gasteiger partial charge on any atom is 0.241 e. The van der Waals surface area contributed by atoms with Crippen LogP contribution in [0.5, 0.6) is 0 Å². The molecule has 0 saturated carbocycles. The topological polar surface area (TPSA) is 58.4 Å². The van der Waals surface area contributed by atoms with E-state index >= 15 is 0 Å². The highest BCUT2D eigenvalue weighted by Crippen LogP contribution is 2.39. The average molecular weight is 818 g/mol. The molecule has 0 aliphatic carbocycles. The van der Waals surface area contributed by atoms with Crippen molar-refractivity contribution in [3.05, 3.63) is 212 Å². The van der Waals surface area contributed by atoms with Crippen LogP contribution in [0.4, 0.5) is 0 Å². The van der Waals surface area contributed by atoms with Crippen molar-refractivity contribution in [2.45, 2.75) is 0 Å². The van der Waals surface area contributed by atoms with E-state index in [0.717, 1.165) is 82.1 Å². The Labute approximate surface area is 366 Å². The molecule has 14 aromatic rings. The van der Waals surface area contributed by atoms with Gasteiger partial charge in [0.2, 0.25) is 17.8 Å². The largest absolute Gasteiger partial charge is 0.309 e. The van der Waals surface area contributed by atoms with Gasteiger partial charge in [-0.25, -0.2) is 0 Å². The summed E-state index contributed by atoms with van der Waals surface area (Å²) in [6.07, 6.45) is 0. The van der Waals surface area contributed by atoms with E-state index in [-0.39, 0.29) is 0 Å². The Kier molecular flexibility index (Phi) is 7.27. The molecule has 64 heavy (non-hydrogen) atoms. The van der Waals surface area contributed by atoms with Crippen LogP contribution in [0.2, 0.25) is 0 Å². The molecule has 5 heterocycles. The third-order valence-corrected chi connectivity index (χ3v) is 13.1. The van der Waals surface area contributed by atoms with Crippen molar-refractivity contribution in [1.29, 1.82) is 0 Å². The minimum Gasteiger partial charge on any atom is -0.309 e. The van der Waals surface area contributed by atoms with Gasteiger partial charge in [0.1, 0.15) is 0 Å². The summed E-state index contributed by atoms with van der Waals surface area (Å²) in [6, 6.07) is 75.6. The lowest BCUT2D eigenvalue weighted by Gasteiger charge is -2.14. The zero-order valence-corrected chi connectivity index (χ0v) is 34.3. The first kappa shape index (κ1) is 34.9. The van der Waals surface area contributed by atoms with Crippen molar-refractivity contribution < 1.29 is 0 Å². The van der Waals surface area contributed by atoms with E-state index in [9.17, 15) is 0 Å². The Hall–Kier alpha value is -8.81. The number of nitrogens with zero attached hydrogens (tertiary/aromatic N) is 7. The van der Waals surface area contributed by atoms with Crippen LogP contribution in [-0.4, -0.2) is 33.2 Å². The van der Waals surface area contributed by atoms with Crippen molar-refractivity contribution in [2.75, 3.05) is 0 Å². The number of fused-ring (bicyclic) bond motifs is 12. The van der Waals surface area contributed by atoms with Gasteiger partial charge in [0, 0.05) is 48.8 Å². The zero-order chi connectivity index (χ0) is 41.9. The fraction of sp³-hybridized carbons (Fsp3) is 0. The van der Waals surface area contributed by atoms with Crippen LogP contribution >= 0.6 is 0 Å². The SMILES string of the molecule is c1ccc(-c2ccc3c4ccccc4n(-c4ccc5c6ccccc6n(-c6nc(-n7c8ccccc8c8ccccc87)nc(-n7c8ccccc8c8ccccc87)n6)c5c4)c3c2)cc1. The van der Waals surface area contributed by atoms with Crippen molar-refractivity contribution >= 4 is 87.2 Å². The molecule has 5 aromatic heterocycles. The van der Waals surface area contributed by atoms with Gasteiger partial charge in [0.25, 0.3) is 0 Å². The molecule has 0 radical (unpaired) electrons. The van der Waals surface area contributed by atoms with Gasteiger partial charge < -0.3 is 4.57 Å². The molecule has 0 unspecified atom stereocenters. The van der Waals surface area contributed by atoms with E-state index in [4.69, 9.17) is 15.0 Å². The van der Waals surface area contributed by atoms with Crippen molar-refractivity contribution in [1.82, 2.24) is 33.2 Å². The monoisotopic (exact) mass is 817 g/mol. The summed E-state index contributed by atoms with van der Waals surface area (Å²) in [6.45, 7) is 0. The van der Waals surface area contributed by atoms with Crippen LogP contribution in [-0.2, 0) is 0 Å². The molecule has 0 spiro atoms. The van der Waals surface area contributed by atoms with Crippen LogP contribution in [0.1, 0.15) is 0 Å². The van der Waals surface area contributed by atoms with Gasteiger partial charge in [0.05, 0.1) is 44.1 Å². The first-order valence-corrected chi connectivity index (χ1v) is 21.6. The predicted octanol–water partition coefficient (Wildman–Crippen LogP) is 13.9. The molecule has 0 N–H and O–H groups in total. The Morgan fingerprint density at radius 1 is 0.219 bits per heavy atom. The Morgan fingerprint density at radius 3 is 0.953 bits per heavy atom. The van der Waals surface area contributed by atoms with Crippen LogP contribution in [0.3, 0.4) is 0 Å². The van der Waals surface area contributed by atoms with Gasteiger partial charge in [-0.05, 0) is 65.7 Å². The molecule has 0 amide bonds. The second-order valence-electron chi connectivity index (χ2n) is 16.5. The zero-order valence-electron chi connectivity index (χ0n) is 34.3. The van der Waals surface area contributed by atoms with E-state index in [1.807, 2.05) is 0 Å². The molecule has 9 aromatic carbocycles. The van der Waals surface area contributed by atoms with Gasteiger partial charge in [-0.15, -0.1) is 0 Å². The van der Waals surface area contributed by atoms with E-state index in [0.29, 0.717) is 17.8 Å². The fourth-order valence-corrected chi connectivity index (χ4v) is 10.3. The first-order chi connectivity index (χ1) is 31.8. The quantitative estimate of drug-likeness (QED) is 0.174. The van der Waals surface area contributed by atoms with Crippen molar-refractivity contribution in [3.63, 3.8) is 0 Å². The van der Waals surface area contributed by atoms with E-state index in [2.05, 4.69) is 231 Å². The summed E-state index contributed by atoms with van der Waals surface area (Å²) in [5, 5.41) is 9.21. The van der Waals surface area contributed by atoms with Gasteiger partial charge in [-0.3, -0.25) is 13.7 Å². The molecule has 0 atom stereocenters. The average Bonchev–Trinajstić information content (AvgIpc) is 4.09. The first-order valence-electron chi connectivity index (χ1n) is 21.6. The summed E-state index contributed by atoms with van der Waals surface area (Å²) in [5.41, 5.74) is 11.8. The maximum atomic E-state index is 5.51. The minimum atomic E-state index is 0.528. The lowest BCUT2D eigenvalue weighted by Crippen LogP contribution is -2.13. The summed E-state index contributed by atoms with van der Waals surface area (Å²) in [4.78, 5) is 16.5. The summed E-state index contributed by atoms with van der Waals surface area (Å²) >= 11 is 0. The van der Waals surface area contributed by atoms with Gasteiger partial charge in [-0.2, -0.15) is 15.0 Å². The summed E-state index contributed by atoms with van der Waals surface area (Å²) < 4.78 is 9.01. The second kappa shape index (κ2) is 13.3. The number of hydrogen-bond donors (Lipinski definition) is 0. The molecule has 0 fully saturated rings. The van der Waals surface area contributed by atoms with Crippen molar-refractivity contribution in [2.24, 2.45) is 0 Å². The molecule has 7 nitrogen and oxygen atoms in total. The van der Waals surface area contributed by atoms with E-state index in [1.165, 1.54) is 21.9 Å². The normalized spacial score (nSPS) is 12.1. The van der Waals surface area contributed by atoms with Gasteiger partial charge >= 0.3 is 0 Å². The van der Waals surface area contributed by atoms with E-state index in [1.54, 1.807) is 0 Å². The number of rotatable bonds is 5. The van der Waals surface area contributed by atoms with Crippen molar-refractivity contribution in [3.8, 4) is 34.7 Å². The number of aromatic nitrogens is 7. The number of hydrogen-bond acceptors (Lipinski definition) is 3. The van der Waals surface area contributed by atoms with Crippen LogP contribution in [0, 0.1) is 0 Å². The molecule has 0 bridgehead atoms. The molecular formula is C57H35N7. The highest BCUT2D eigenvalue weighted by molar-refractivity contribution is 6.13. The van der Waals surface area contributed by atoms with Gasteiger partial charge in [-0.1, -0.05) is 158 Å². The Morgan fingerprint density at radius 2 is 0.531 bits per heavy atom. The molecular weight excluding hydrogens is 783 g/mol. The minimum absolute atomic E-state index is 0.528. The third kappa shape index (κ3) is 4.94. The van der Waals surface area contributed by atoms with Crippen LogP contribution < -0.4 is 0 Å². The maximum absolute atomic E-state index is 5.51. The number of para-hydroxylation sites is 6. The predicted molar refractivity (Wildman–Crippen MR) is 263 cm³/mol. The number of benzene rings is 9. The third-order valence-electron chi connectivity index (χ3n) is 13.1. The van der Waals surface area contributed by atoms with Gasteiger partial charge in [0.15, 0.2) is 0 Å². The second-order valence-corrected chi connectivity index (χ2v) is 16.5. The molecule has 0 aliphatic heterocycles. The standard InChI is InChI=1S/C57H35N7/c1-2-16-36(17-3-1)37-30-32-45-43-22-4-10-24-47(43)61(53(45)34-37)38-31-33-46-44-23-9-15-29-52(44)64(54(46)35-38)57-59-55(62-48-25-11-5-18-39(48)40-19-6-12-26-49(40)62)58-56(60-57)63-50-27-13-7-20-41(50)42-21-8-14-28-51(42)63/h1-35H. The Balaban J connectivity index is 1.09. The highest BCUT2D eigenvalue weighted by atomic mass is 15.3. The Bertz CT molecular complexity index is 3970. The molecule has 7 heteroatoms. The van der Waals surface area contributed by atoms with Crippen LogP contribution in [0.25, 0.3) is 122 Å². The lowest BCUT2D eigenvalue weighted by atomic mass is 10.0. The molecule has 0 saturated heterocycles. The van der Waals surface area contributed by atoms with E-state index < -0.39 is 0 Å². The lowest BCUT2D eigenvalue weighted by molar-refractivity contribution is 0.848. The van der Waals surface area contributed by atoms with Crippen LogP contribution in [0.15, 0.2) is 212 Å². The smallest absolute Gasteiger partial charge is 0.241 e. The molecule has 14 rings (SSSR count).